The summed E-state index contributed by atoms with van der Waals surface area (Å²) in [5, 5.41) is 24.2. The molecule has 192 valence electrons. The molecule has 0 heterocycles. The fourth-order valence-corrected chi connectivity index (χ4v) is 8.49. The number of esters is 1. The van der Waals surface area contributed by atoms with Gasteiger partial charge in [-0.3, -0.25) is 4.79 Å². The molecule has 0 aromatic carbocycles. The Morgan fingerprint density at radius 3 is 2.41 bits per heavy atom. The minimum absolute atomic E-state index is 0.0732. The standard InChI is InChI=1S/C30H48O4/c1-19(2)20(3)8-9-21(4)24-10-11-25-27(24,6)14-13-26-28(7)15-12-23(34-22(5)31)18-29(28,32)16-17-30(25,26)33/h8-9,13,19-21,23-25,32-33H,10-12,14-18H2,1-7H3/b9-8+/t20-,21+,23+,24-,25-,27+,28+,29+,30-/m0/s1. The van der Waals surface area contributed by atoms with Crippen LogP contribution in [0.3, 0.4) is 0 Å². The Bertz CT molecular complexity index is 860. The zero-order valence-corrected chi connectivity index (χ0v) is 22.6. The van der Waals surface area contributed by atoms with Gasteiger partial charge in [0.05, 0.1) is 11.2 Å². The second-order valence-corrected chi connectivity index (χ2v) is 13.2. The lowest BCUT2D eigenvalue weighted by molar-refractivity contribution is -0.195. The van der Waals surface area contributed by atoms with Crippen LogP contribution in [0.15, 0.2) is 23.8 Å². The molecule has 4 aliphatic carbocycles. The molecule has 0 radical (unpaired) electrons. The highest BCUT2D eigenvalue weighted by atomic mass is 16.5. The van der Waals surface area contributed by atoms with Crippen LogP contribution < -0.4 is 0 Å². The Balaban J connectivity index is 1.61. The van der Waals surface area contributed by atoms with Crippen molar-refractivity contribution in [2.24, 2.45) is 40.4 Å². The minimum atomic E-state index is -0.932. The molecule has 2 N–H and O–H groups in total. The van der Waals surface area contributed by atoms with Crippen molar-refractivity contribution in [2.45, 2.75) is 117 Å². The van der Waals surface area contributed by atoms with Crippen LogP contribution in [0.25, 0.3) is 0 Å². The van der Waals surface area contributed by atoms with Gasteiger partial charge in [-0.25, -0.2) is 0 Å². The molecule has 0 saturated heterocycles. The molecule has 4 aliphatic rings. The third kappa shape index (κ3) is 3.92. The first-order valence-electron chi connectivity index (χ1n) is 13.8. The molecule has 0 spiro atoms. The van der Waals surface area contributed by atoms with Gasteiger partial charge in [0.15, 0.2) is 0 Å². The second-order valence-electron chi connectivity index (χ2n) is 13.2. The summed E-state index contributed by atoms with van der Waals surface area (Å²) in [6.45, 7) is 15.2. The molecule has 0 amide bonds. The van der Waals surface area contributed by atoms with E-state index in [0.29, 0.717) is 42.9 Å². The number of carbonyl (C=O) groups excluding carboxylic acids is 1. The molecule has 4 heteroatoms. The fraction of sp³-hybridized carbons (Fsp3) is 0.833. The van der Waals surface area contributed by atoms with Crippen molar-refractivity contribution in [3.63, 3.8) is 0 Å². The van der Waals surface area contributed by atoms with Gasteiger partial charge in [-0.1, -0.05) is 59.8 Å². The van der Waals surface area contributed by atoms with Gasteiger partial charge in [-0.2, -0.15) is 0 Å². The highest BCUT2D eigenvalue weighted by Crippen LogP contribution is 2.68. The summed E-state index contributed by atoms with van der Waals surface area (Å²) in [5.74, 6) is 2.23. The molecule has 4 rings (SSSR count). The summed E-state index contributed by atoms with van der Waals surface area (Å²) >= 11 is 0. The first-order valence-corrected chi connectivity index (χ1v) is 13.8. The Morgan fingerprint density at radius 2 is 1.76 bits per heavy atom. The number of allylic oxidation sites excluding steroid dienone is 3. The summed E-state index contributed by atoms with van der Waals surface area (Å²) in [7, 11) is 0. The van der Waals surface area contributed by atoms with Crippen molar-refractivity contribution in [3.8, 4) is 0 Å². The van der Waals surface area contributed by atoms with Gasteiger partial charge >= 0.3 is 5.97 Å². The third-order valence-electron chi connectivity index (χ3n) is 11.0. The molecule has 0 aliphatic heterocycles. The van der Waals surface area contributed by atoms with Gasteiger partial charge in [0.1, 0.15) is 6.10 Å². The Kier molecular flexibility index (Phi) is 6.69. The zero-order chi connectivity index (χ0) is 25.1. The topological polar surface area (TPSA) is 66.8 Å². The largest absolute Gasteiger partial charge is 0.462 e. The quantitative estimate of drug-likeness (QED) is 0.369. The molecular formula is C30H48O4. The SMILES string of the molecule is CC(=O)O[C@@H]1CC[C@]2(C)C3=CC[C@]4(C)[C@H]([C@H](C)/C=C/[C@H](C)C(C)C)CC[C@@H]4[C@@]3(O)CC[C@@]2(O)C1. The van der Waals surface area contributed by atoms with Gasteiger partial charge in [-0.05, 0) is 85.5 Å². The van der Waals surface area contributed by atoms with E-state index in [1.807, 2.05) is 0 Å². The monoisotopic (exact) mass is 472 g/mol. The lowest BCUT2D eigenvalue weighted by Gasteiger charge is -2.63. The van der Waals surface area contributed by atoms with E-state index in [1.54, 1.807) is 0 Å². The maximum atomic E-state index is 12.4. The molecule has 0 bridgehead atoms. The Hall–Kier alpha value is -1.13. The van der Waals surface area contributed by atoms with Crippen LogP contribution in [0.5, 0.6) is 0 Å². The van der Waals surface area contributed by atoms with Gasteiger partial charge in [-0.15, -0.1) is 0 Å². The van der Waals surface area contributed by atoms with Gasteiger partial charge in [0.25, 0.3) is 0 Å². The van der Waals surface area contributed by atoms with Crippen LogP contribution >= 0.6 is 0 Å². The number of carbonyl (C=O) groups is 1. The van der Waals surface area contributed by atoms with Crippen molar-refractivity contribution in [2.75, 3.05) is 0 Å². The molecular weight excluding hydrogens is 424 g/mol. The van der Waals surface area contributed by atoms with Gasteiger partial charge in [0.2, 0.25) is 0 Å². The molecule has 0 unspecified atom stereocenters. The van der Waals surface area contributed by atoms with Crippen LogP contribution in [-0.4, -0.2) is 33.5 Å². The van der Waals surface area contributed by atoms with E-state index in [1.165, 1.54) is 6.92 Å². The van der Waals surface area contributed by atoms with Crippen molar-refractivity contribution >= 4 is 5.97 Å². The summed E-state index contributed by atoms with van der Waals surface area (Å²) in [6, 6.07) is 0. The predicted molar refractivity (Wildman–Crippen MR) is 136 cm³/mol. The number of aliphatic hydroxyl groups is 2. The number of rotatable bonds is 5. The van der Waals surface area contributed by atoms with Crippen LogP contribution in [0.2, 0.25) is 0 Å². The average Bonchev–Trinajstić information content (AvgIpc) is 3.11. The number of fused-ring (bicyclic) bond motifs is 5. The molecule has 4 nitrogen and oxygen atoms in total. The molecule has 34 heavy (non-hydrogen) atoms. The Morgan fingerprint density at radius 1 is 1.06 bits per heavy atom. The van der Waals surface area contributed by atoms with Crippen LogP contribution in [0.4, 0.5) is 0 Å². The first-order chi connectivity index (χ1) is 15.8. The van der Waals surface area contributed by atoms with E-state index in [-0.39, 0.29) is 23.4 Å². The lowest BCUT2D eigenvalue weighted by atomic mass is 9.45. The minimum Gasteiger partial charge on any atom is -0.462 e. The molecule has 3 fully saturated rings. The normalized spacial score (nSPS) is 45.8. The average molecular weight is 473 g/mol. The fourth-order valence-electron chi connectivity index (χ4n) is 8.49. The van der Waals surface area contributed by atoms with E-state index < -0.39 is 16.6 Å². The van der Waals surface area contributed by atoms with Crippen LogP contribution in [0, 0.1) is 40.4 Å². The molecule has 0 aromatic rings. The van der Waals surface area contributed by atoms with Gasteiger partial charge < -0.3 is 14.9 Å². The number of hydrogen-bond donors (Lipinski definition) is 2. The van der Waals surface area contributed by atoms with Crippen molar-refractivity contribution < 1.29 is 19.7 Å². The molecule has 3 saturated carbocycles. The zero-order valence-electron chi connectivity index (χ0n) is 22.6. The highest BCUT2D eigenvalue weighted by Gasteiger charge is 2.67. The van der Waals surface area contributed by atoms with Crippen LogP contribution in [-0.2, 0) is 9.53 Å². The van der Waals surface area contributed by atoms with E-state index >= 15 is 0 Å². The maximum Gasteiger partial charge on any atom is 0.302 e. The highest BCUT2D eigenvalue weighted by molar-refractivity contribution is 5.66. The van der Waals surface area contributed by atoms with E-state index in [4.69, 9.17) is 4.74 Å². The summed E-state index contributed by atoms with van der Waals surface area (Å²) < 4.78 is 5.50. The van der Waals surface area contributed by atoms with E-state index in [9.17, 15) is 15.0 Å². The lowest BCUT2D eigenvalue weighted by Crippen LogP contribution is -2.65. The maximum absolute atomic E-state index is 12.4. The summed E-state index contributed by atoms with van der Waals surface area (Å²) in [6.07, 6.45) is 13.2. The summed E-state index contributed by atoms with van der Waals surface area (Å²) in [4.78, 5) is 11.5. The van der Waals surface area contributed by atoms with E-state index in [0.717, 1.165) is 37.7 Å². The van der Waals surface area contributed by atoms with E-state index in [2.05, 4.69) is 59.8 Å². The van der Waals surface area contributed by atoms with Crippen molar-refractivity contribution in [1.82, 2.24) is 0 Å². The predicted octanol–water partition coefficient (Wildman–Crippen LogP) is 6.21. The Labute approximate surface area is 207 Å². The number of hydrogen-bond acceptors (Lipinski definition) is 4. The molecule has 0 aromatic heterocycles. The smallest absolute Gasteiger partial charge is 0.302 e. The first kappa shape index (κ1) is 25.9. The van der Waals surface area contributed by atoms with Crippen molar-refractivity contribution in [1.29, 1.82) is 0 Å². The second kappa shape index (κ2) is 8.76. The molecule has 9 atom stereocenters. The summed E-state index contributed by atoms with van der Waals surface area (Å²) in [5.41, 5.74) is -1.09. The van der Waals surface area contributed by atoms with Crippen LogP contribution in [0.1, 0.15) is 99.8 Å². The van der Waals surface area contributed by atoms with Gasteiger partial charge in [0, 0.05) is 18.8 Å². The third-order valence-corrected chi connectivity index (χ3v) is 11.0. The van der Waals surface area contributed by atoms with Crippen molar-refractivity contribution in [3.05, 3.63) is 23.8 Å². The number of ether oxygens (including phenoxy) is 1.